The number of rotatable bonds is 4. The fourth-order valence-electron chi connectivity index (χ4n) is 2.19. The lowest BCUT2D eigenvalue weighted by atomic mass is 9.77. The van der Waals surface area contributed by atoms with E-state index in [2.05, 4.69) is 6.92 Å². The first kappa shape index (κ1) is 8.52. The average molecular weight is 170 g/mol. The van der Waals surface area contributed by atoms with Crippen LogP contribution in [0.5, 0.6) is 0 Å². The molecule has 2 aliphatic heterocycles. The Morgan fingerprint density at radius 3 is 1.83 bits per heavy atom. The molecule has 2 aliphatic rings. The Balaban J connectivity index is 1.82. The van der Waals surface area contributed by atoms with E-state index in [0.717, 1.165) is 44.2 Å². The SMILES string of the molecule is CCCC(C1COC1)C1COC1. The zero-order valence-electron chi connectivity index (χ0n) is 7.79. The van der Waals surface area contributed by atoms with Crippen molar-refractivity contribution < 1.29 is 9.47 Å². The van der Waals surface area contributed by atoms with E-state index in [0.29, 0.717) is 0 Å². The molecule has 0 bridgehead atoms. The van der Waals surface area contributed by atoms with E-state index >= 15 is 0 Å². The van der Waals surface area contributed by atoms with Crippen LogP contribution in [0.25, 0.3) is 0 Å². The van der Waals surface area contributed by atoms with E-state index in [1.807, 2.05) is 0 Å². The van der Waals surface area contributed by atoms with Crippen molar-refractivity contribution in [2.24, 2.45) is 17.8 Å². The Morgan fingerprint density at radius 1 is 1.08 bits per heavy atom. The number of ether oxygens (including phenoxy) is 2. The third-order valence-corrected chi connectivity index (χ3v) is 3.16. The van der Waals surface area contributed by atoms with Gasteiger partial charge < -0.3 is 9.47 Å². The molecule has 0 N–H and O–H groups in total. The maximum atomic E-state index is 5.24. The van der Waals surface area contributed by atoms with Crippen molar-refractivity contribution in [1.82, 2.24) is 0 Å². The van der Waals surface area contributed by atoms with Gasteiger partial charge in [-0.15, -0.1) is 0 Å². The van der Waals surface area contributed by atoms with Gasteiger partial charge in [-0.2, -0.15) is 0 Å². The van der Waals surface area contributed by atoms with Crippen molar-refractivity contribution >= 4 is 0 Å². The third-order valence-electron chi connectivity index (χ3n) is 3.16. The zero-order chi connectivity index (χ0) is 8.39. The number of hydrogen-bond acceptors (Lipinski definition) is 2. The summed E-state index contributed by atoms with van der Waals surface area (Å²) in [5.41, 5.74) is 0. The van der Waals surface area contributed by atoms with Crippen molar-refractivity contribution in [3.63, 3.8) is 0 Å². The summed E-state index contributed by atoms with van der Waals surface area (Å²) in [5.74, 6) is 2.58. The molecule has 2 rings (SSSR count). The molecule has 0 unspecified atom stereocenters. The maximum Gasteiger partial charge on any atom is 0.0519 e. The van der Waals surface area contributed by atoms with Crippen LogP contribution in [0.2, 0.25) is 0 Å². The molecule has 70 valence electrons. The highest BCUT2D eigenvalue weighted by Crippen LogP contribution is 2.34. The second kappa shape index (κ2) is 3.75. The number of hydrogen-bond donors (Lipinski definition) is 0. The van der Waals surface area contributed by atoms with Gasteiger partial charge in [0.2, 0.25) is 0 Å². The van der Waals surface area contributed by atoms with Crippen LogP contribution < -0.4 is 0 Å². The monoisotopic (exact) mass is 170 g/mol. The Bertz CT molecular complexity index is 125. The lowest BCUT2D eigenvalue weighted by molar-refractivity contribution is -0.130. The molecule has 2 heterocycles. The van der Waals surface area contributed by atoms with Crippen LogP contribution in [0.3, 0.4) is 0 Å². The largest absolute Gasteiger partial charge is 0.381 e. The molecular weight excluding hydrogens is 152 g/mol. The molecule has 0 radical (unpaired) electrons. The van der Waals surface area contributed by atoms with Gasteiger partial charge in [-0.3, -0.25) is 0 Å². The smallest absolute Gasteiger partial charge is 0.0519 e. The quantitative estimate of drug-likeness (QED) is 0.639. The fourth-order valence-corrected chi connectivity index (χ4v) is 2.19. The van der Waals surface area contributed by atoms with Gasteiger partial charge in [0, 0.05) is 11.8 Å². The van der Waals surface area contributed by atoms with Gasteiger partial charge >= 0.3 is 0 Å². The highest BCUT2D eigenvalue weighted by molar-refractivity contribution is 4.83. The van der Waals surface area contributed by atoms with Crippen LogP contribution in [0.1, 0.15) is 19.8 Å². The topological polar surface area (TPSA) is 18.5 Å². The first-order valence-electron chi connectivity index (χ1n) is 5.07. The lowest BCUT2D eigenvalue weighted by Crippen LogP contribution is -2.44. The Kier molecular flexibility index (Phi) is 2.66. The van der Waals surface area contributed by atoms with Crippen LogP contribution in [0, 0.1) is 17.8 Å². The summed E-state index contributed by atoms with van der Waals surface area (Å²) in [7, 11) is 0. The van der Waals surface area contributed by atoms with Crippen LogP contribution in [0.4, 0.5) is 0 Å². The Labute approximate surface area is 74.2 Å². The Morgan fingerprint density at radius 2 is 1.58 bits per heavy atom. The van der Waals surface area contributed by atoms with E-state index in [9.17, 15) is 0 Å². The zero-order valence-corrected chi connectivity index (χ0v) is 7.79. The standard InChI is InChI=1S/C10H18O2/c1-2-3-10(8-4-11-5-8)9-6-12-7-9/h8-10H,2-7H2,1H3. The van der Waals surface area contributed by atoms with Gasteiger partial charge in [-0.05, 0) is 12.3 Å². The molecule has 12 heavy (non-hydrogen) atoms. The minimum absolute atomic E-state index is 0.846. The molecule has 0 aromatic carbocycles. The van der Waals surface area contributed by atoms with Crippen LogP contribution in [-0.4, -0.2) is 26.4 Å². The molecule has 0 spiro atoms. The van der Waals surface area contributed by atoms with Crippen LogP contribution >= 0.6 is 0 Å². The van der Waals surface area contributed by atoms with Crippen molar-refractivity contribution in [2.45, 2.75) is 19.8 Å². The molecule has 0 aromatic rings. The Hall–Kier alpha value is -0.0800. The molecule has 0 saturated carbocycles. The maximum absolute atomic E-state index is 5.24. The second-order valence-corrected chi connectivity index (χ2v) is 4.05. The van der Waals surface area contributed by atoms with Gasteiger partial charge in [0.15, 0.2) is 0 Å². The summed E-state index contributed by atoms with van der Waals surface area (Å²) in [5, 5.41) is 0. The normalized spacial score (nSPS) is 25.5. The van der Waals surface area contributed by atoms with Gasteiger partial charge in [-0.25, -0.2) is 0 Å². The molecule has 2 nitrogen and oxygen atoms in total. The van der Waals surface area contributed by atoms with Gasteiger partial charge in [0.05, 0.1) is 26.4 Å². The summed E-state index contributed by atoms with van der Waals surface area (Å²) < 4.78 is 10.5. The summed E-state index contributed by atoms with van der Waals surface area (Å²) in [6, 6.07) is 0. The molecule has 2 heteroatoms. The minimum atomic E-state index is 0.846. The van der Waals surface area contributed by atoms with Gasteiger partial charge in [0.1, 0.15) is 0 Å². The van der Waals surface area contributed by atoms with Crippen molar-refractivity contribution in [1.29, 1.82) is 0 Å². The molecular formula is C10H18O2. The summed E-state index contributed by atoms with van der Waals surface area (Å²) in [6.07, 6.45) is 2.67. The molecule has 2 saturated heterocycles. The van der Waals surface area contributed by atoms with E-state index in [4.69, 9.17) is 9.47 Å². The van der Waals surface area contributed by atoms with Gasteiger partial charge in [0.25, 0.3) is 0 Å². The first-order valence-corrected chi connectivity index (χ1v) is 5.07. The minimum Gasteiger partial charge on any atom is -0.381 e. The third kappa shape index (κ3) is 1.50. The predicted octanol–water partition coefficient (Wildman–Crippen LogP) is 1.70. The molecule has 2 fully saturated rings. The lowest BCUT2D eigenvalue weighted by Gasteiger charge is -2.42. The first-order chi connectivity index (χ1) is 5.92. The van der Waals surface area contributed by atoms with E-state index in [-0.39, 0.29) is 0 Å². The van der Waals surface area contributed by atoms with E-state index in [1.54, 1.807) is 0 Å². The predicted molar refractivity (Wildman–Crippen MR) is 47.0 cm³/mol. The summed E-state index contributed by atoms with van der Waals surface area (Å²) >= 11 is 0. The molecule has 0 atom stereocenters. The van der Waals surface area contributed by atoms with Crippen molar-refractivity contribution in [3.8, 4) is 0 Å². The van der Waals surface area contributed by atoms with Crippen molar-refractivity contribution in [3.05, 3.63) is 0 Å². The highest BCUT2D eigenvalue weighted by Gasteiger charge is 2.36. The second-order valence-electron chi connectivity index (χ2n) is 4.05. The van der Waals surface area contributed by atoms with E-state index in [1.165, 1.54) is 12.8 Å². The molecule has 0 aromatic heterocycles. The molecule has 0 amide bonds. The van der Waals surface area contributed by atoms with Gasteiger partial charge in [-0.1, -0.05) is 13.3 Å². The van der Waals surface area contributed by atoms with Crippen LogP contribution in [0.15, 0.2) is 0 Å². The summed E-state index contributed by atoms with van der Waals surface area (Å²) in [6.45, 7) is 6.27. The van der Waals surface area contributed by atoms with Crippen molar-refractivity contribution in [2.75, 3.05) is 26.4 Å². The fraction of sp³-hybridized carbons (Fsp3) is 1.00. The molecule has 0 aliphatic carbocycles. The van der Waals surface area contributed by atoms with Crippen LogP contribution in [-0.2, 0) is 9.47 Å². The van der Waals surface area contributed by atoms with E-state index < -0.39 is 0 Å². The summed E-state index contributed by atoms with van der Waals surface area (Å²) in [4.78, 5) is 0. The highest BCUT2D eigenvalue weighted by atomic mass is 16.5. The average Bonchev–Trinajstić information content (AvgIpc) is 1.79.